The molecule has 13 heavy (non-hydrogen) atoms. The molecule has 76 valence electrons. The summed E-state index contributed by atoms with van der Waals surface area (Å²) >= 11 is 0. The van der Waals surface area contributed by atoms with Crippen LogP contribution >= 0.6 is 0 Å². The number of nitrogens with zero attached hydrogens (tertiary/aromatic N) is 1. The molecule has 0 unspecified atom stereocenters. The van der Waals surface area contributed by atoms with E-state index in [1.165, 1.54) is 6.92 Å². The van der Waals surface area contributed by atoms with Crippen molar-refractivity contribution >= 4 is 11.9 Å². The molecule has 0 N–H and O–H groups in total. The van der Waals surface area contributed by atoms with Gasteiger partial charge in [-0.1, -0.05) is 25.9 Å². The second kappa shape index (κ2) is 4.69. The average molecular weight is 188 g/mol. The topological polar surface area (TPSA) is 71.0 Å². The predicted octanol–water partition coefficient (Wildman–Crippen LogP) is 0.0384. The molecular weight excluding hydrogens is 174 g/mol. The minimum absolute atomic E-state index is 0.202. The highest BCUT2D eigenvalue weighted by molar-refractivity contribution is 5.76. The van der Waals surface area contributed by atoms with Crippen molar-refractivity contribution in [3.8, 4) is 0 Å². The number of hydrogen-bond donors (Lipinski definition) is 0. The van der Waals surface area contributed by atoms with E-state index in [2.05, 4.69) is 9.99 Å². The van der Waals surface area contributed by atoms with E-state index < -0.39 is 11.7 Å². The molecule has 0 radical (unpaired) electrons. The van der Waals surface area contributed by atoms with Gasteiger partial charge in [-0.3, -0.25) is 4.79 Å². The Morgan fingerprint density at radius 2 is 2.00 bits per heavy atom. The largest absolute Gasteiger partial charge is 0.592 e. The van der Waals surface area contributed by atoms with Crippen LogP contribution in [0.5, 0.6) is 0 Å². The fourth-order valence-electron chi connectivity index (χ4n) is 0.456. The first-order valence-electron chi connectivity index (χ1n) is 3.86. The third-order valence-corrected chi connectivity index (χ3v) is 0.800. The van der Waals surface area contributed by atoms with Crippen LogP contribution in [0.25, 0.3) is 0 Å². The summed E-state index contributed by atoms with van der Waals surface area (Å²) in [6.45, 7) is 6.27. The van der Waals surface area contributed by atoms with Crippen LogP contribution in [-0.2, 0) is 14.4 Å². The summed E-state index contributed by atoms with van der Waals surface area (Å²) in [5, 5.41) is 13.9. The Labute approximate surface area is 77.3 Å². The maximum absolute atomic E-state index is 10.8. The third-order valence-electron chi connectivity index (χ3n) is 0.800. The SMILES string of the molecule is CC(=O)CON=C([O-])OC(C)(C)C. The molecule has 0 amide bonds. The summed E-state index contributed by atoms with van der Waals surface area (Å²) in [6, 6.07) is 0. The minimum atomic E-state index is -0.825. The quantitative estimate of drug-likeness (QED) is 0.356. The Morgan fingerprint density at radius 1 is 1.46 bits per heavy atom. The Hall–Kier alpha value is -1.26. The van der Waals surface area contributed by atoms with E-state index >= 15 is 0 Å². The van der Waals surface area contributed by atoms with Crippen molar-refractivity contribution in [3.05, 3.63) is 0 Å². The van der Waals surface area contributed by atoms with E-state index in [1.807, 2.05) is 0 Å². The lowest BCUT2D eigenvalue weighted by Crippen LogP contribution is -2.32. The molecule has 0 heterocycles. The lowest BCUT2D eigenvalue weighted by atomic mass is 10.2. The number of rotatable bonds is 3. The number of ketones is 1. The Balaban J connectivity index is 3.83. The van der Waals surface area contributed by atoms with Crippen LogP contribution in [0.3, 0.4) is 0 Å². The number of carbonyl (C=O) groups excluding carboxylic acids is 1. The molecule has 5 nitrogen and oxygen atoms in total. The van der Waals surface area contributed by atoms with E-state index in [0.717, 1.165) is 0 Å². The van der Waals surface area contributed by atoms with Gasteiger partial charge >= 0.3 is 0 Å². The van der Waals surface area contributed by atoms with Gasteiger partial charge in [-0.15, -0.1) is 0 Å². The fourth-order valence-corrected chi connectivity index (χ4v) is 0.456. The van der Waals surface area contributed by atoms with Gasteiger partial charge in [-0.05, 0) is 6.92 Å². The van der Waals surface area contributed by atoms with E-state index in [-0.39, 0.29) is 12.4 Å². The van der Waals surface area contributed by atoms with Gasteiger partial charge in [0.25, 0.3) is 0 Å². The van der Waals surface area contributed by atoms with Gasteiger partial charge in [-0.2, -0.15) is 0 Å². The maximum atomic E-state index is 10.8. The molecule has 0 spiro atoms. The second-order valence-corrected chi connectivity index (χ2v) is 3.55. The monoisotopic (exact) mass is 188 g/mol. The zero-order chi connectivity index (χ0) is 10.5. The van der Waals surface area contributed by atoms with Gasteiger partial charge in [0.15, 0.2) is 18.5 Å². The Kier molecular flexibility index (Phi) is 4.23. The smallest absolute Gasteiger partial charge is 0.192 e. The highest BCUT2D eigenvalue weighted by Crippen LogP contribution is 2.05. The zero-order valence-corrected chi connectivity index (χ0v) is 8.29. The van der Waals surface area contributed by atoms with E-state index in [1.54, 1.807) is 20.8 Å². The molecule has 0 aliphatic heterocycles. The Morgan fingerprint density at radius 3 is 2.38 bits per heavy atom. The van der Waals surface area contributed by atoms with Gasteiger partial charge in [0, 0.05) is 5.60 Å². The number of hydrogen-bond acceptors (Lipinski definition) is 5. The van der Waals surface area contributed by atoms with Crippen LogP contribution in [0.15, 0.2) is 5.16 Å². The van der Waals surface area contributed by atoms with Crippen molar-refractivity contribution in [3.63, 3.8) is 0 Å². The van der Waals surface area contributed by atoms with Crippen LogP contribution < -0.4 is 5.11 Å². The summed E-state index contributed by atoms with van der Waals surface area (Å²) in [6.07, 6.45) is -0.825. The molecule has 0 aromatic carbocycles. The lowest BCUT2D eigenvalue weighted by Gasteiger charge is -2.28. The number of carbonyl (C=O) groups is 1. The molecule has 0 saturated heterocycles. The summed E-state index contributed by atoms with van der Waals surface area (Å²) in [5.41, 5.74) is -0.597. The van der Waals surface area contributed by atoms with Crippen molar-refractivity contribution in [2.75, 3.05) is 6.61 Å². The zero-order valence-electron chi connectivity index (χ0n) is 8.29. The molecule has 0 bridgehead atoms. The molecule has 0 saturated carbocycles. The number of Topliss-reactive ketones (excluding diaryl/α,β-unsaturated/α-hetero) is 1. The first-order chi connectivity index (χ1) is 5.81. The summed E-state index contributed by atoms with van der Waals surface area (Å²) in [7, 11) is 0. The van der Waals surface area contributed by atoms with Crippen molar-refractivity contribution in [1.82, 2.24) is 0 Å². The van der Waals surface area contributed by atoms with E-state index in [0.29, 0.717) is 0 Å². The standard InChI is InChI=1S/C8H15NO4/c1-6(10)5-12-9-7(11)13-8(2,3)4/h5H2,1-4H3,(H,9,11)/p-1. The van der Waals surface area contributed by atoms with Crippen LogP contribution in [0.4, 0.5) is 0 Å². The molecule has 0 atom stereocenters. The molecule has 5 heteroatoms. The van der Waals surface area contributed by atoms with Gasteiger partial charge in [-0.25, -0.2) is 0 Å². The maximum Gasteiger partial charge on any atom is 0.192 e. The first kappa shape index (κ1) is 11.7. The van der Waals surface area contributed by atoms with Crippen LogP contribution in [-0.4, -0.2) is 24.1 Å². The van der Waals surface area contributed by atoms with E-state index in [4.69, 9.17) is 4.74 Å². The summed E-state index contributed by atoms with van der Waals surface area (Å²) < 4.78 is 4.78. The van der Waals surface area contributed by atoms with Crippen molar-refractivity contribution < 1.29 is 19.5 Å². The lowest BCUT2D eigenvalue weighted by molar-refractivity contribution is -0.265. The molecule has 0 rings (SSSR count). The second-order valence-electron chi connectivity index (χ2n) is 3.55. The first-order valence-corrected chi connectivity index (χ1v) is 3.86. The van der Waals surface area contributed by atoms with Crippen LogP contribution in [0.2, 0.25) is 0 Å². The average Bonchev–Trinajstić information content (AvgIpc) is 1.81. The molecule has 0 fully saturated rings. The third kappa shape index (κ3) is 8.65. The molecule has 0 aliphatic rings. The van der Waals surface area contributed by atoms with Crippen molar-refractivity contribution in [2.24, 2.45) is 5.16 Å². The molecular formula is C8H14NO4-. The predicted molar refractivity (Wildman–Crippen MR) is 44.9 cm³/mol. The van der Waals surface area contributed by atoms with Crippen LogP contribution in [0, 0.1) is 0 Å². The number of ether oxygens (including phenoxy) is 1. The molecule has 0 aliphatic carbocycles. The van der Waals surface area contributed by atoms with Gasteiger partial charge in [0.05, 0.1) is 0 Å². The van der Waals surface area contributed by atoms with Crippen molar-refractivity contribution in [2.45, 2.75) is 33.3 Å². The normalized spacial score (nSPS) is 12.5. The summed E-state index contributed by atoms with van der Waals surface area (Å²) in [4.78, 5) is 14.8. The van der Waals surface area contributed by atoms with Crippen LogP contribution in [0.1, 0.15) is 27.7 Å². The Bertz CT molecular complexity index is 205. The highest BCUT2D eigenvalue weighted by Gasteiger charge is 2.04. The minimum Gasteiger partial charge on any atom is -0.592 e. The molecule has 0 aromatic heterocycles. The summed E-state index contributed by atoms with van der Waals surface area (Å²) in [5.74, 6) is -0.202. The van der Waals surface area contributed by atoms with Gasteiger partial charge < -0.3 is 14.7 Å². The number of oxime groups is 1. The van der Waals surface area contributed by atoms with Gasteiger partial charge in [0.1, 0.15) is 0 Å². The van der Waals surface area contributed by atoms with E-state index in [9.17, 15) is 9.90 Å². The van der Waals surface area contributed by atoms with Gasteiger partial charge in [0.2, 0.25) is 0 Å². The van der Waals surface area contributed by atoms with Crippen molar-refractivity contribution in [1.29, 1.82) is 0 Å². The highest BCUT2D eigenvalue weighted by atomic mass is 16.7. The molecule has 0 aromatic rings. The fraction of sp³-hybridized carbons (Fsp3) is 0.750.